The van der Waals surface area contributed by atoms with Gasteiger partial charge in [-0.3, -0.25) is 24.1 Å². The number of alkyl halides is 3. The van der Waals surface area contributed by atoms with Crippen molar-refractivity contribution in [1.82, 2.24) is 20.5 Å². The highest BCUT2D eigenvalue weighted by atomic mass is 32.1. The second-order valence-electron chi connectivity index (χ2n) is 18.4. The first-order valence-corrected chi connectivity index (χ1v) is 22.9. The molecule has 21 heteroatoms. The number of likely N-dealkylation sites (tertiary alicyclic amines) is 1. The van der Waals surface area contributed by atoms with E-state index in [4.69, 9.17) is 30.8 Å². The maximum atomic E-state index is 14.8. The van der Waals surface area contributed by atoms with E-state index in [1.165, 1.54) is 41.8 Å². The number of hydrogen-bond acceptors (Lipinski definition) is 12. The average Bonchev–Trinajstić information content (AvgIpc) is 4.03. The molecule has 0 spiro atoms. The molecule has 0 radical (unpaired) electrons. The number of hydrogen-bond donors (Lipinski definition) is 3. The van der Waals surface area contributed by atoms with Gasteiger partial charge in [-0.25, -0.2) is 9.37 Å². The van der Waals surface area contributed by atoms with Gasteiger partial charge < -0.3 is 44.2 Å². The monoisotopic (exact) mass is 993 g/mol. The Labute approximate surface area is 407 Å². The van der Waals surface area contributed by atoms with Gasteiger partial charge >= 0.3 is 6.18 Å². The van der Waals surface area contributed by atoms with Crippen LogP contribution in [0.1, 0.15) is 77.0 Å². The third kappa shape index (κ3) is 12.6. The van der Waals surface area contributed by atoms with Crippen LogP contribution in [-0.4, -0.2) is 107 Å². The third-order valence-corrected chi connectivity index (χ3v) is 12.1. The number of aliphatic hydroxyl groups is 1. The lowest BCUT2D eigenvalue weighted by Crippen LogP contribution is -2.58. The summed E-state index contributed by atoms with van der Waals surface area (Å²) in [4.78, 5) is 61.4. The largest absolute Gasteiger partial charge is 0.494 e. The normalized spacial score (nSPS) is 17.4. The summed E-state index contributed by atoms with van der Waals surface area (Å²) >= 11 is 5.61. The highest BCUT2D eigenvalue weighted by Crippen LogP contribution is 2.40. The van der Waals surface area contributed by atoms with E-state index in [-0.39, 0.29) is 54.8 Å². The molecule has 1 aromatic heterocycles. The summed E-state index contributed by atoms with van der Waals surface area (Å²) in [5.74, 6) is -1.87. The van der Waals surface area contributed by atoms with Gasteiger partial charge in [0.25, 0.3) is 5.91 Å². The van der Waals surface area contributed by atoms with Gasteiger partial charge in [-0.15, -0.1) is 0 Å². The number of rotatable bonds is 20. The molecule has 2 fully saturated rings. The van der Waals surface area contributed by atoms with Crippen molar-refractivity contribution in [3.05, 3.63) is 95.8 Å². The highest BCUT2D eigenvalue weighted by Gasteiger charge is 2.51. The summed E-state index contributed by atoms with van der Waals surface area (Å²) in [6.07, 6.45) is -1.33. The Hall–Kier alpha value is -6.47. The minimum absolute atomic E-state index is 0.00867. The average molecular weight is 994 g/mol. The second-order valence-corrected chi connectivity index (χ2v) is 18.8. The maximum Gasteiger partial charge on any atom is 0.417 e. The van der Waals surface area contributed by atoms with Crippen molar-refractivity contribution in [2.45, 2.75) is 96.7 Å². The summed E-state index contributed by atoms with van der Waals surface area (Å²) in [5.41, 5.74) is -2.61. The molecule has 3 heterocycles. The number of benzene rings is 3. The van der Waals surface area contributed by atoms with Crippen molar-refractivity contribution in [3.8, 4) is 23.1 Å². The van der Waals surface area contributed by atoms with E-state index in [0.717, 1.165) is 17.0 Å². The quantitative estimate of drug-likeness (QED) is 0.0482. The summed E-state index contributed by atoms with van der Waals surface area (Å²) in [6.45, 7) is 9.52. The van der Waals surface area contributed by atoms with Crippen LogP contribution < -0.4 is 25.2 Å². The van der Waals surface area contributed by atoms with Gasteiger partial charge in [-0.1, -0.05) is 26.8 Å². The van der Waals surface area contributed by atoms with E-state index in [0.29, 0.717) is 56.1 Å². The molecule has 4 amide bonds. The summed E-state index contributed by atoms with van der Waals surface area (Å²) in [5, 5.41) is 25.2. The van der Waals surface area contributed by atoms with Crippen molar-refractivity contribution in [3.63, 3.8) is 0 Å². The molecule has 6 rings (SSSR count). The summed E-state index contributed by atoms with van der Waals surface area (Å²) < 4.78 is 78.1. The molecule has 1 unspecified atom stereocenters. The maximum absolute atomic E-state index is 14.8. The Morgan fingerprint density at radius 3 is 2.33 bits per heavy atom. The number of halogens is 4. The van der Waals surface area contributed by atoms with Crippen molar-refractivity contribution < 1.29 is 60.5 Å². The molecule has 4 aromatic rings. The molecule has 16 nitrogen and oxygen atoms in total. The van der Waals surface area contributed by atoms with E-state index in [1.54, 1.807) is 69.9 Å². The SMILES string of the molecule is CC(C)(C)C(NC(=O)COCCCOCCCCOc1ccc(N2C(=S)N(c3ccc(C#N)c(C(F)(F)F)c3)C(=O)C2(C)C)cc1)C(=O)N1C[C@H](O)C[C@H]1C(=O)NCc1ccc(-c2cnco2)c(F)c1. The number of unbranched alkanes of at least 4 members (excludes halogenated alkanes) is 1. The Bertz CT molecular complexity index is 2560. The number of nitrogens with zero attached hydrogens (tertiary/aromatic N) is 5. The van der Waals surface area contributed by atoms with Crippen molar-refractivity contribution in [2.24, 2.45) is 5.41 Å². The molecule has 70 heavy (non-hydrogen) atoms. The first kappa shape index (κ1) is 52.9. The van der Waals surface area contributed by atoms with Crippen molar-refractivity contribution in [1.29, 1.82) is 5.26 Å². The zero-order chi connectivity index (χ0) is 51.0. The molecule has 2 aliphatic heterocycles. The zero-order valence-corrected chi connectivity index (χ0v) is 40.1. The fourth-order valence-corrected chi connectivity index (χ4v) is 8.55. The van der Waals surface area contributed by atoms with Gasteiger partial charge in [0.1, 0.15) is 35.8 Å². The number of β-amino-alcohol motifs (C(OH)–C–C–N with tert-alkyl or cyclic N) is 1. The van der Waals surface area contributed by atoms with Crippen LogP contribution in [0, 0.1) is 22.6 Å². The number of oxazole rings is 1. The second kappa shape index (κ2) is 22.5. The molecule has 0 bridgehead atoms. The van der Waals surface area contributed by atoms with Crippen LogP contribution in [0.2, 0.25) is 0 Å². The number of carbonyl (C=O) groups excluding carboxylic acids is 4. The van der Waals surface area contributed by atoms with Gasteiger partial charge in [0.2, 0.25) is 17.7 Å². The number of ether oxygens (including phenoxy) is 3. The number of aliphatic hydroxyl groups excluding tert-OH is 1. The van der Waals surface area contributed by atoms with Crippen molar-refractivity contribution in [2.75, 3.05) is 49.4 Å². The number of amides is 4. The fourth-order valence-electron chi connectivity index (χ4n) is 8.02. The molecule has 0 saturated carbocycles. The van der Waals surface area contributed by atoms with E-state index in [2.05, 4.69) is 15.6 Å². The molecule has 3 aromatic carbocycles. The lowest BCUT2D eigenvalue weighted by molar-refractivity contribution is -0.144. The lowest BCUT2D eigenvalue weighted by Gasteiger charge is -2.35. The molecular weight excluding hydrogens is 939 g/mol. The van der Waals surface area contributed by atoms with Crippen LogP contribution in [0.15, 0.2) is 77.7 Å². The molecule has 2 saturated heterocycles. The van der Waals surface area contributed by atoms with Crippen LogP contribution in [0.3, 0.4) is 0 Å². The van der Waals surface area contributed by atoms with Crippen LogP contribution in [0.25, 0.3) is 11.3 Å². The predicted molar refractivity (Wildman–Crippen MR) is 251 cm³/mol. The van der Waals surface area contributed by atoms with Gasteiger partial charge in [0.15, 0.2) is 17.3 Å². The van der Waals surface area contributed by atoms with Crippen LogP contribution in [-0.2, 0) is 41.4 Å². The smallest absolute Gasteiger partial charge is 0.417 e. The lowest BCUT2D eigenvalue weighted by atomic mass is 9.85. The molecule has 374 valence electrons. The first-order chi connectivity index (χ1) is 33.1. The number of thiocarbonyl (C=S) groups is 1. The molecule has 3 atom stereocenters. The van der Waals surface area contributed by atoms with Crippen LogP contribution in [0.4, 0.5) is 28.9 Å². The van der Waals surface area contributed by atoms with Crippen molar-refractivity contribution >= 4 is 52.3 Å². The third-order valence-electron chi connectivity index (χ3n) is 11.7. The number of carbonyl (C=O) groups is 4. The Morgan fingerprint density at radius 2 is 1.67 bits per heavy atom. The molecule has 2 aliphatic rings. The minimum atomic E-state index is -4.81. The Balaban J connectivity index is 0.870. The molecule has 0 aliphatic carbocycles. The van der Waals surface area contributed by atoms with E-state index in [9.17, 15) is 47.1 Å². The molecule has 3 N–H and O–H groups in total. The van der Waals surface area contributed by atoms with Gasteiger partial charge in [-0.05, 0) is 111 Å². The topological polar surface area (TPSA) is 200 Å². The van der Waals surface area contributed by atoms with E-state index in [1.807, 2.05) is 0 Å². The van der Waals surface area contributed by atoms with Crippen LogP contribution in [0.5, 0.6) is 5.75 Å². The summed E-state index contributed by atoms with van der Waals surface area (Å²) in [6, 6.07) is 13.7. The number of nitriles is 1. The number of anilines is 2. The minimum Gasteiger partial charge on any atom is -0.494 e. The predicted octanol–water partition coefficient (Wildman–Crippen LogP) is 6.68. The standard InChI is InChI=1S/C49H55F4N7O9S/c1-47(2,3)42(44(64)58-27-34(61)23-39(58)43(63)56-25-30-9-16-36(38(50)21-30)40-26-55-29-69-40)57-41(62)28-67-19-8-18-66-17-6-7-20-68-35-14-12-32(13-15-35)60-46(70)59(45(65)48(60,4)5)33-11-10-31(24-54)37(22-33)49(51,52)53/h9-16,21-22,26,29,34,39,42,61H,6-8,17-20,23,25,27-28H2,1-5H3,(H,56,63)(H,57,62)/t34-,39+,42?/m1/s1. The zero-order valence-electron chi connectivity index (χ0n) is 39.3. The molecular formula is C49H55F4N7O9S. The number of aromatic nitrogens is 1. The first-order valence-electron chi connectivity index (χ1n) is 22.5. The van der Waals surface area contributed by atoms with E-state index >= 15 is 0 Å². The fraction of sp³-hybridized carbons (Fsp3) is 0.449. The number of nitrogens with one attached hydrogen (secondary N) is 2. The van der Waals surface area contributed by atoms with Gasteiger partial charge in [0, 0.05) is 45.0 Å². The van der Waals surface area contributed by atoms with E-state index < -0.39 is 75.9 Å². The van der Waals surface area contributed by atoms with Crippen LogP contribution >= 0.6 is 12.2 Å². The van der Waals surface area contributed by atoms with Gasteiger partial charge in [-0.2, -0.15) is 18.4 Å². The Kier molecular flexibility index (Phi) is 17.0. The van der Waals surface area contributed by atoms with Gasteiger partial charge in [0.05, 0.1) is 47.4 Å². The highest BCUT2D eigenvalue weighted by molar-refractivity contribution is 7.81. The summed E-state index contributed by atoms with van der Waals surface area (Å²) in [7, 11) is 0. The Morgan fingerprint density at radius 1 is 0.986 bits per heavy atom.